The van der Waals surface area contributed by atoms with E-state index < -0.39 is 0 Å². The molecule has 0 aliphatic heterocycles. The molecule has 1 aromatic heterocycles. The summed E-state index contributed by atoms with van der Waals surface area (Å²) in [6.45, 7) is 6.45. The third-order valence-corrected chi connectivity index (χ3v) is 5.02. The van der Waals surface area contributed by atoms with E-state index in [0.29, 0.717) is 21.7 Å². The van der Waals surface area contributed by atoms with E-state index in [1.54, 1.807) is 12.1 Å². The van der Waals surface area contributed by atoms with Crippen molar-refractivity contribution in [1.29, 1.82) is 0 Å². The van der Waals surface area contributed by atoms with Crippen LogP contribution in [0.5, 0.6) is 0 Å². The van der Waals surface area contributed by atoms with Crippen molar-refractivity contribution in [2.45, 2.75) is 31.4 Å². The Labute approximate surface area is 167 Å². The Morgan fingerprint density at radius 3 is 2.48 bits per heavy atom. The van der Waals surface area contributed by atoms with Gasteiger partial charge in [0.15, 0.2) is 0 Å². The largest absolute Gasteiger partial charge is 0.411 e. The molecule has 0 spiro atoms. The van der Waals surface area contributed by atoms with Gasteiger partial charge in [0.25, 0.3) is 5.22 Å². The summed E-state index contributed by atoms with van der Waals surface area (Å²) in [7, 11) is 0. The quantitative estimate of drug-likeness (QED) is 0.578. The molecule has 3 rings (SSSR count). The summed E-state index contributed by atoms with van der Waals surface area (Å²) in [4.78, 5) is 12.2. The minimum atomic E-state index is -0.138. The Balaban J connectivity index is 1.56. The second kappa shape index (κ2) is 8.15. The standard InChI is InChI=1S/C20H20ClN3O2S/c1-20(2,3)13-8-10-14(11-9-13)22-17(25)12-27-19-24-23-18(26-19)15-6-4-5-7-16(15)21/h4-11H,12H2,1-3H3,(H,22,25). The molecule has 0 aliphatic carbocycles. The molecule has 0 atom stereocenters. The predicted molar refractivity (Wildman–Crippen MR) is 109 cm³/mol. The van der Waals surface area contributed by atoms with Crippen molar-refractivity contribution in [3.05, 3.63) is 59.1 Å². The van der Waals surface area contributed by atoms with Gasteiger partial charge in [-0.1, -0.05) is 68.4 Å². The second-order valence-electron chi connectivity index (χ2n) is 7.02. The molecule has 0 unspecified atom stereocenters. The molecular weight excluding hydrogens is 382 g/mol. The van der Waals surface area contributed by atoms with E-state index >= 15 is 0 Å². The second-order valence-corrected chi connectivity index (χ2v) is 8.35. The summed E-state index contributed by atoms with van der Waals surface area (Å²) in [6.07, 6.45) is 0. The summed E-state index contributed by atoms with van der Waals surface area (Å²) in [5, 5.41) is 11.7. The summed E-state index contributed by atoms with van der Waals surface area (Å²) in [6, 6.07) is 15.1. The minimum Gasteiger partial charge on any atom is -0.411 e. The first kappa shape index (κ1) is 19.5. The van der Waals surface area contributed by atoms with Crippen molar-refractivity contribution < 1.29 is 9.21 Å². The van der Waals surface area contributed by atoms with E-state index in [4.69, 9.17) is 16.0 Å². The SMILES string of the molecule is CC(C)(C)c1ccc(NC(=O)CSc2nnc(-c3ccccc3Cl)o2)cc1. The van der Waals surface area contributed by atoms with E-state index in [-0.39, 0.29) is 17.1 Å². The van der Waals surface area contributed by atoms with Crippen LogP contribution in [0.2, 0.25) is 5.02 Å². The number of carbonyl (C=O) groups is 1. The number of benzene rings is 2. The van der Waals surface area contributed by atoms with Gasteiger partial charge in [-0.2, -0.15) is 0 Å². The number of nitrogens with one attached hydrogen (secondary N) is 1. The Morgan fingerprint density at radius 1 is 1.11 bits per heavy atom. The van der Waals surface area contributed by atoms with Crippen LogP contribution in [0.4, 0.5) is 5.69 Å². The molecule has 1 N–H and O–H groups in total. The molecule has 7 heteroatoms. The normalized spacial score (nSPS) is 11.4. The lowest BCUT2D eigenvalue weighted by molar-refractivity contribution is -0.113. The van der Waals surface area contributed by atoms with Crippen LogP contribution in [0.15, 0.2) is 58.2 Å². The number of aromatic nitrogens is 2. The third-order valence-electron chi connectivity index (χ3n) is 3.87. The van der Waals surface area contributed by atoms with Gasteiger partial charge in [0, 0.05) is 5.69 Å². The van der Waals surface area contributed by atoms with Gasteiger partial charge in [-0.25, -0.2) is 0 Å². The third kappa shape index (κ3) is 5.11. The van der Waals surface area contributed by atoms with Crippen molar-refractivity contribution in [2.24, 2.45) is 0 Å². The number of anilines is 1. The highest BCUT2D eigenvalue weighted by atomic mass is 35.5. The highest BCUT2D eigenvalue weighted by Crippen LogP contribution is 2.29. The fourth-order valence-corrected chi connectivity index (χ4v) is 3.17. The summed E-state index contributed by atoms with van der Waals surface area (Å²) in [5.74, 6) is 0.368. The topological polar surface area (TPSA) is 68.0 Å². The first-order chi connectivity index (χ1) is 12.8. The highest BCUT2D eigenvalue weighted by molar-refractivity contribution is 7.99. The van der Waals surface area contributed by atoms with E-state index in [9.17, 15) is 4.79 Å². The molecule has 0 radical (unpaired) electrons. The van der Waals surface area contributed by atoms with E-state index in [1.807, 2.05) is 36.4 Å². The molecule has 0 saturated heterocycles. The molecule has 2 aromatic carbocycles. The van der Waals surface area contributed by atoms with Crippen LogP contribution in [0.25, 0.3) is 11.5 Å². The Kier molecular flexibility index (Phi) is 5.87. The highest BCUT2D eigenvalue weighted by Gasteiger charge is 2.15. The lowest BCUT2D eigenvalue weighted by Gasteiger charge is -2.19. The van der Waals surface area contributed by atoms with Crippen molar-refractivity contribution in [3.63, 3.8) is 0 Å². The van der Waals surface area contributed by atoms with Crippen LogP contribution in [0.1, 0.15) is 26.3 Å². The van der Waals surface area contributed by atoms with Crippen molar-refractivity contribution in [1.82, 2.24) is 10.2 Å². The van der Waals surface area contributed by atoms with E-state index in [1.165, 1.54) is 17.3 Å². The first-order valence-corrected chi connectivity index (χ1v) is 9.81. The summed E-state index contributed by atoms with van der Waals surface area (Å²) >= 11 is 7.31. The van der Waals surface area contributed by atoms with E-state index in [0.717, 1.165) is 5.69 Å². The number of carbonyl (C=O) groups excluding carboxylic acids is 1. The number of rotatable bonds is 5. The van der Waals surface area contributed by atoms with Crippen LogP contribution in [-0.4, -0.2) is 21.9 Å². The average Bonchev–Trinajstić information content (AvgIpc) is 3.09. The molecule has 1 heterocycles. The number of hydrogen-bond acceptors (Lipinski definition) is 5. The molecule has 5 nitrogen and oxygen atoms in total. The molecule has 140 valence electrons. The van der Waals surface area contributed by atoms with Crippen LogP contribution in [0.3, 0.4) is 0 Å². The van der Waals surface area contributed by atoms with Crippen molar-refractivity contribution >= 4 is 35.0 Å². The zero-order chi connectivity index (χ0) is 19.4. The molecule has 3 aromatic rings. The number of hydrogen-bond donors (Lipinski definition) is 1. The lowest BCUT2D eigenvalue weighted by Crippen LogP contribution is -2.15. The molecular formula is C20H20ClN3O2S. The maximum atomic E-state index is 12.2. The summed E-state index contributed by atoms with van der Waals surface area (Å²) < 4.78 is 5.58. The van der Waals surface area contributed by atoms with Crippen molar-refractivity contribution in [2.75, 3.05) is 11.1 Å². The fraction of sp³-hybridized carbons (Fsp3) is 0.250. The smallest absolute Gasteiger partial charge is 0.277 e. The number of nitrogens with zero attached hydrogens (tertiary/aromatic N) is 2. The van der Waals surface area contributed by atoms with Crippen LogP contribution in [0, 0.1) is 0 Å². The van der Waals surface area contributed by atoms with Gasteiger partial charge in [-0.3, -0.25) is 4.79 Å². The molecule has 0 bridgehead atoms. The zero-order valence-electron chi connectivity index (χ0n) is 15.3. The van der Waals surface area contributed by atoms with Gasteiger partial charge in [0.2, 0.25) is 11.8 Å². The van der Waals surface area contributed by atoms with Crippen LogP contribution < -0.4 is 5.32 Å². The Hall–Kier alpha value is -2.31. The van der Waals surface area contributed by atoms with Crippen LogP contribution in [-0.2, 0) is 10.2 Å². The maximum Gasteiger partial charge on any atom is 0.277 e. The summed E-state index contributed by atoms with van der Waals surface area (Å²) in [5.41, 5.74) is 2.72. The lowest BCUT2D eigenvalue weighted by atomic mass is 9.87. The average molecular weight is 402 g/mol. The zero-order valence-corrected chi connectivity index (χ0v) is 16.9. The van der Waals surface area contributed by atoms with Gasteiger partial charge < -0.3 is 9.73 Å². The molecule has 0 saturated carbocycles. The fourth-order valence-electron chi connectivity index (χ4n) is 2.39. The molecule has 0 fully saturated rings. The van der Waals surface area contributed by atoms with Crippen LogP contribution >= 0.6 is 23.4 Å². The molecule has 1 amide bonds. The Morgan fingerprint density at radius 2 is 1.81 bits per heavy atom. The molecule has 27 heavy (non-hydrogen) atoms. The van der Waals surface area contributed by atoms with E-state index in [2.05, 4.69) is 36.3 Å². The molecule has 0 aliphatic rings. The van der Waals surface area contributed by atoms with Gasteiger partial charge in [-0.15, -0.1) is 10.2 Å². The Bertz CT molecular complexity index is 933. The predicted octanol–water partition coefficient (Wildman–Crippen LogP) is 5.42. The van der Waals surface area contributed by atoms with Gasteiger partial charge in [0.1, 0.15) is 0 Å². The first-order valence-electron chi connectivity index (χ1n) is 8.44. The number of amides is 1. The maximum absolute atomic E-state index is 12.2. The van der Waals surface area contributed by atoms with Gasteiger partial charge in [-0.05, 0) is 35.2 Å². The minimum absolute atomic E-state index is 0.0791. The van der Waals surface area contributed by atoms with Crippen molar-refractivity contribution in [3.8, 4) is 11.5 Å². The number of halogens is 1. The monoisotopic (exact) mass is 401 g/mol. The number of thioether (sulfide) groups is 1. The van der Waals surface area contributed by atoms with Gasteiger partial charge >= 0.3 is 0 Å². The van der Waals surface area contributed by atoms with Gasteiger partial charge in [0.05, 0.1) is 16.3 Å².